The Morgan fingerprint density at radius 2 is 1.70 bits per heavy atom. The lowest BCUT2D eigenvalue weighted by atomic mass is 9.93. The SMILES string of the molecule is COC(=O)CCc1ccc(COc2cccc(Cl)c2)cc1C(=O)NC(CC(C)C)c1cc(C)cc(C)c1. The molecule has 0 saturated carbocycles. The zero-order chi connectivity index (χ0) is 26.9. The number of benzene rings is 3. The van der Waals surface area contributed by atoms with Gasteiger partial charge in [-0.25, -0.2) is 0 Å². The number of carbonyl (C=O) groups is 2. The molecule has 1 atom stereocenters. The van der Waals surface area contributed by atoms with Gasteiger partial charge in [-0.1, -0.05) is 73.0 Å². The van der Waals surface area contributed by atoms with Gasteiger partial charge in [-0.15, -0.1) is 0 Å². The first-order valence-electron chi connectivity index (χ1n) is 12.6. The maximum absolute atomic E-state index is 13.7. The molecule has 0 heterocycles. The first-order chi connectivity index (χ1) is 17.6. The van der Waals surface area contributed by atoms with Crippen LogP contribution in [0.3, 0.4) is 0 Å². The van der Waals surface area contributed by atoms with Crippen molar-refractivity contribution in [3.8, 4) is 5.75 Å². The smallest absolute Gasteiger partial charge is 0.305 e. The third-order valence-electron chi connectivity index (χ3n) is 6.11. The molecule has 6 heteroatoms. The van der Waals surface area contributed by atoms with Gasteiger partial charge in [0.05, 0.1) is 13.2 Å². The average Bonchev–Trinajstić information content (AvgIpc) is 2.85. The van der Waals surface area contributed by atoms with E-state index in [9.17, 15) is 9.59 Å². The lowest BCUT2D eigenvalue weighted by molar-refractivity contribution is -0.140. The number of nitrogens with one attached hydrogen (secondary N) is 1. The van der Waals surface area contributed by atoms with E-state index in [1.165, 1.54) is 7.11 Å². The molecule has 3 aromatic carbocycles. The summed E-state index contributed by atoms with van der Waals surface area (Å²) in [6.07, 6.45) is 1.41. The highest BCUT2D eigenvalue weighted by molar-refractivity contribution is 6.30. The summed E-state index contributed by atoms with van der Waals surface area (Å²) in [6, 6.07) is 19.1. The summed E-state index contributed by atoms with van der Waals surface area (Å²) in [5.41, 5.74) is 5.59. The number of aryl methyl sites for hydroxylation is 3. The first kappa shape index (κ1) is 28.3. The summed E-state index contributed by atoms with van der Waals surface area (Å²) in [5, 5.41) is 3.87. The number of esters is 1. The highest BCUT2D eigenvalue weighted by atomic mass is 35.5. The number of carbonyl (C=O) groups excluding carboxylic acids is 2. The molecule has 196 valence electrons. The maximum Gasteiger partial charge on any atom is 0.305 e. The summed E-state index contributed by atoms with van der Waals surface area (Å²) in [6.45, 7) is 8.72. The molecule has 0 aliphatic rings. The van der Waals surface area contributed by atoms with Crippen LogP contribution in [0.2, 0.25) is 5.02 Å². The molecule has 0 radical (unpaired) electrons. The van der Waals surface area contributed by atoms with Crippen LogP contribution in [0.25, 0.3) is 0 Å². The zero-order valence-corrected chi connectivity index (χ0v) is 23.0. The fourth-order valence-corrected chi connectivity index (χ4v) is 4.58. The van der Waals surface area contributed by atoms with Gasteiger partial charge in [0.25, 0.3) is 5.91 Å². The third-order valence-corrected chi connectivity index (χ3v) is 6.34. The van der Waals surface area contributed by atoms with E-state index in [1.807, 2.05) is 30.3 Å². The van der Waals surface area contributed by atoms with Crippen LogP contribution in [0.15, 0.2) is 60.7 Å². The summed E-state index contributed by atoms with van der Waals surface area (Å²) < 4.78 is 10.7. The number of ether oxygens (including phenoxy) is 2. The van der Waals surface area contributed by atoms with Crippen molar-refractivity contribution in [1.29, 1.82) is 0 Å². The van der Waals surface area contributed by atoms with Gasteiger partial charge in [-0.3, -0.25) is 9.59 Å². The minimum absolute atomic E-state index is 0.133. The van der Waals surface area contributed by atoms with Gasteiger partial charge < -0.3 is 14.8 Å². The molecule has 0 aromatic heterocycles. The molecule has 5 nitrogen and oxygen atoms in total. The molecule has 37 heavy (non-hydrogen) atoms. The molecular weight excluding hydrogens is 486 g/mol. The van der Waals surface area contributed by atoms with Crippen molar-refractivity contribution in [2.45, 2.75) is 59.6 Å². The Labute approximate surface area is 225 Å². The summed E-state index contributed by atoms with van der Waals surface area (Å²) >= 11 is 6.07. The van der Waals surface area contributed by atoms with Crippen LogP contribution in [0.5, 0.6) is 5.75 Å². The molecule has 3 aromatic rings. The van der Waals surface area contributed by atoms with E-state index in [0.29, 0.717) is 28.7 Å². The second kappa shape index (κ2) is 13.3. The monoisotopic (exact) mass is 521 g/mol. The Morgan fingerprint density at radius 1 is 0.973 bits per heavy atom. The van der Waals surface area contributed by atoms with Crippen molar-refractivity contribution in [2.24, 2.45) is 5.92 Å². The van der Waals surface area contributed by atoms with Crippen LogP contribution < -0.4 is 10.1 Å². The van der Waals surface area contributed by atoms with Crippen LogP contribution >= 0.6 is 11.6 Å². The predicted molar refractivity (Wildman–Crippen MR) is 148 cm³/mol. The second-order valence-electron chi connectivity index (χ2n) is 9.89. The minimum atomic E-state index is -0.312. The van der Waals surface area contributed by atoms with Crippen molar-refractivity contribution in [2.75, 3.05) is 7.11 Å². The molecule has 3 rings (SSSR count). The van der Waals surface area contributed by atoms with E-state index in [0.717, 1.165) is 34.2 Å². The van der Waals surface area contributed by atoms with Gasteiger partial charge in [-0.05, 0) is 73.6 Å². The lowest BCUT2D eigenvalue weighted by Gasteiger charge is -2.23. The molecule has 1 amide bonds. The first-order valence-corrected chi connectivity index (χ1v) is 13.0. The van der Waals surface area contributed by atoms with Crippen LogP contribution in [0.4, 0.5) is 0 Å². The quantitative estimate of drug-likeness (QED) is 0.272. The van der Waals surface area contributed by atoms with E-state index in [1.54, 1.807) is 12.1 Å². The minimum Gasteiger partial charge on any atom is -0.489 e. The Hall–Kier alpha value is -3.31. The van der Waals surface area contributed by atoms with Crippen molar-refractivity contribution in [3.63, 3.8) is 0 Å². The topological polar surface area (TPSA) is 64.6 Å². The summed E-state index contributed by atoms with van der Waals surface area (Å²) in [4.78, 5) is 25.5. The molecule has 0 saturated heterocycles. The standard InChI is InChI=1S/C31H36ClNO4/c1-20(2)13-29(25-15-21(3)14-22(4)16-25)33-31(35)28-17-23(9-10-24(28)11-12-30(34)36-5)19-37-27-8-6-7-26(32)18-27/h6-10,14-18,20,29H,11-13,19H2,1-5H3,(H,33,35). The van der Waals surface area contributed by atoms with Gasteiger partial charge >= 0.3 is 5.97 Å². The number of hydrogen-bond donors (Lipinski definition) is 1. The maximum atomic E-state index is 13.7. The Morgan fingerprint density at radius 3 is 2.35 bits per heavy atom. The fraction of sp³-hybridized carbons (Fsp3) is 0.355. The van der Waals surface area contributed by atoms with Crippen molar-refractivity contribution in [1.82, 2.24) is 5.32 Å². The van der Waals surface area contributed by atoms with Gasteiger partial charge in [0.1, 0.15) is 12.4 Å². The molecule has 0 aliphatic carbocycles. The largest absolute Gasteiger partial charge is 0.489 e. The van der Waals surface area contributed by atoms with Crippen LogP contribution in [-0.4, -0.2) is 19.0 Å². The van der Waals surface area contributed by atoms with Crippen LogP contribution in [0.1, 0.15) is 70.9 Å². The zero-order valence-electron chi connectivity index (χ0n) is 22.3. The van der Waals surface area contributed by atoms with Crippen molar-refractivity contribution < 1.29 is 19.1 Å². The van der Waals surface area contributed by atoms with E-state index >= 15 is 0 Å². The molecular formula is C31H36ClNO4. The van der Waals surface area contributed by atoms with Gasteiger partial charge in [0.15, 0.2) is 0 Å². The fourth-order valence-electron chi connectivity index (χ4n) is 4.40. The number of hydrogen-bond acceptors (Lipinski definition) is 4. The normalized spacial score (nSPS) is 11.8. The third kappa shape index (κ3) is 8.64. The second-order valence-corrected chi connectivity index (χ2v) is 10.3. The number of halogens is 1. The van der Waals surface area contributed by atoms with Crippen molar-refractivity contribution in [3.05, 3.63) is 99.1 Å². The highest BCUT2D eigenvalue weighted by Gasteiger charge is 2.21. The average molecular weight is 522 g/mol. The van der Waals surface area contributed by atoms with Crippen molar-refractivity contribution >= 4 is 23.5 Å². The molecule has 0 aliphatic heterocycles. The Kier molecular flexibility index (Phi) is 10.2. The van der Waals surface area contributed by atoms with E-state index < -0.39 is 0 Å². The molecule has 0 spiro atoms. The van der Waals surface area contributed by atoms with Crippen LogP contribution in [0, 0.1) is 19.8 Å². The Balaban J connectivity index is 1.89. The highest BCUT2D eigenvalue weighted by Crippen LogP contribution is 2.26. The molecule has 1 unspecified atom stereocenters. The lowest BCUT2D eigenvalue weighted by Crippen LogP contribution is -2.30. The molecule has 1 N–H and O–H groups in total. The van der Waals surface area contributed by atoms with Crippen LogP contribution in [-0.2, 0) is 22.6 Å². The van der Waals surface area contributed by atoms with E-state index in [-0.39, 0.29) is 30.9 Å². The van der Waals surface area contributed by atoms with Gasteiger partial charge in [-0.2, -0.15) is 0 Å². The summed E-state index contributed by atoms with van der Waals surface area (Å²) in [7, 11) is 1.37. The number of methoxy groups -OCH3 is 1. The van der Waals surface area contributed by atoms with E-state index in [2.05, 4.69) is 51.2 Å². The Bertz CT molecular complexity index is 1220. The van der Waals surface area contributed by atoms with Gasteiger partial charge in [0, 0.05) is 17.0 Å². The van der Waals surface area contributed by atoms with E-state index in [4.69, 9.17) is 21.1 Å². The van der Waals surface area contributed by atoms with Gasteiger partial charge in [0.2, 0.25) is 0 Å². The number of rotatable bonds is 11. The molecule has 0 bridgehead atoms. The number of amides is 1. The molecule has 0 fully saturated rings. The summed E-state index contributed by atoms with van der Waals surface area (Å²) in [5.74, 6) is 0.560. The predicted octanol–water partition coefficient (Wildman–Crippen LogP) is 7.16.